The molecule has 0 aromatic carbocycles. The third kappa shape index (κ3) is 3.01. The minimum Gasteiger partial charge on any atom is -0.481 e. The number of amides is 1. The Morgan fingerprint density at radius 2 is 2.13 bits per heavy atom. The van der Waals surface area contributed by atoms with Crippen molar-refractivity contribution in [2.45, 2.75) is 58.4 Å². The van der Waals surface area contributed by atoms with Crippen molar-refractivity contribution in [3.8, 4) is 0 Å². The molecule has 1 aromatic heterocycles. The first-order chi connectivity index (χ1) is 10.9. The second kappa shape index (κ2) is 6.02. The van der Waals surface area contributed by atoms with Crippen LogP contribution in [0.5, 0.6) is 0 Å². The lowest BCUT2D eigenvalue weighted by molar-refractivity contribution is -0.160. The van der Waals surface area contributed by atoms with E-state index in [4.69, 9.17) is 4.42 Å². The molecule has 2 aliphatic rings. The molecule has 1 saturated heterocycles. The maximum Gasteiger partial charge on any atom is 0.310 e. The molecule has 1 aliphatic carbocycles. The van der Waals surface area contributed by atoms with Crippen LogP contribution in [0, 0.1) is 18.3 Å². The van der Waals surface area contributed by atoms with E-state index in [9.17, 15) is 14.7 Å². The first-order valence-electron chi connectivity index (χ1n) is 8.50. The Kier molecular flexibility index (Phi) is 4.21. The Balaban J connectivity index is 1.78. The summed E-state index contributed by atoms with van der Waals surface area (Å²) in [5, 5.41) is 9.47. The van der Waals surface area contributed by atoms with Crippen LogP contribution in [0.15, 0.2) is 16.5 Å². The van der Waals surface area contributed by atoms with Crippen LogP contribution < -0.4 is 0 Å². The molecule has 0 bridgehead atoms. The van der Waals surface area contributed by atoms with Crippen molar-refractivity contribution in [2.75, 3.05) is 6.54 Å². The zero-order chi connectivity index (χ0) is 16.6. The Bertz CT molecular complexity index is 602. The molecule has 0 radical (unpaired) electrons. The van der Waals surface area contributed by atoms with Gasteiger partial charge in [0, 0.05) is 13.0 Å². The van der Waals surface area contributed by atoms with Gasteiger partial charge in [0.2, 0.25) is 5.91 Å². The molecule has 23 heavy (non-hydrogen) atoms. The second-order valence-corrected chi connectivity index (χ2v) is 7.30. The number of likely N-dealkylation sites (tertiary alicyclic amines) is 1. The summed E-state index contributed by atoms with van der Waals surface area (Å²) in [4.78, 5) is 26.2. The summed E-state index contributed by atoms with van der Waals surface area (Å²) in [7, 11) is 0. The molecule has 1 saturated carbocycles. The number of aliphatic carboxylic acids is 1. The maximum atomic E-state index is 12.8. The van der Waals surface area contributed by atoms with Crippen LogP contribution in [0.3, 0.4) is 0 Å². The number of hydrogen-bond donors (Lipinski definition) is 1. The molecular formula is C18H25NO4. The molecule has 126 valence electrons. The minimum absolute atomic E-state index is 0.0435. The van der Waals surface area contributed by atoms with Crippen LogP contribution in [0.25, 0.3) is 0 Å². The molecule has 1 N–H and O–H groups in total. The number of piperidine rings is 1. The van der Waals surface area contributed by atoms with Gasteiger partial charge >= 0.3 is 5.97 Å². The van der Waals surface area contributed by atoms with Crippen LogP contribution in [0.1, 0.15) is 63.0 Å². The van der Waals surface area contributed by atoms with Gasteiger partial charge in [0.05, 0.1) is 11.5 Å². The van der Waals surface area contributed by atoms with Gasteiger partial charge in [0.1, 0.15) is 11.5 Å². The van der Waals surface area contributed by atoms with E-state index < -0.39 is 11.4 Å². The maximum absolute atomic E-state index is 12.8. The third-order valence-electron chi connectivity index (χ3n) is 5.53. The molecule has 2 fully saturated rings. The highest BCUT2D eigenvalue weighted by Gasteiger charge is 2.47. The Labute approximate surface area is 136 Å². The molecule has 0 spiro atoms. The zero-order valence-corrected chi connectivity index (χ0v) is 13.9. The third-order valence-corrected chi connectivity index (χ3v) is 5.53. The molecule has 5 nitrogen and oxygen atoms in total. The summed E-state index contributed by atoms with van der Waals surface area (Å²) in [5.74, 6) is 1.32. The van der Waals surface area contributed by atoms with Gasteiger partial charge < -0.3 is 14.4 Å². The van der Waals surface area contributed by atoms with E-state index in [1.54, 1.807) is 0 Å². The summed E-state index contributed by atoms with van der Waals surface area (Å²) < 4.78 is 5.76. The van der Waals surface area contributed by atoms with E-state index in [1.165, 1.54) is 0 Å². The summed E-state index contributed by atoms with van der Waals surface area (Å²) in [6.45, 7) is 4.77. The smallest absolute Gasteiger partial charge is 0.310 e. The highest BCUT2D eigenvalue weighted by Crippen LogP contribution is 2.45. The Hall–Kier alpha value is -1.78. The fraction of sp³-hybridized carbons (Fsp3) is 0.667. The number of carboxylic acid groups (broad SMARTS) is 1. The number of carbonyl (C=O) groups excluding carboxylic acids is 1. The van der Waals surface area contributed by atoms with Gasteiger partial charge in [0.25, 0.3) is 0 Å². The lowest BCUT2D eigenvalue weighted by atomic mass is 9.66. The van der Waals surface area contributed by atoms with Crippen LogP contribution in [-0.2, 0) is 9.59 Å². The van der Waals surface area contributed by atoms with Crippen molar-refractivity contribution in [1.82, 2.24) is 4.90 Å². The zero-order valence-electron chi connectivity index (χ0n) is 13.9. The molecule has 2 unspecified atom stereocenters. The van der Waals surface area contributed by atoms with Crippen LogP contribution in [-0.4, -0.2) is 28.4 Å². The summed E-state index contributed by atoms with van der Waals surface area (Å²) in [5.41, 5.74) is -0.830. The molecular weight excluding hydrogens is 294 g/mol. The van der Waals surface area contributed by atoms with Crippen LogP contribution in [0.4, 0.5) is 0 Å². The van der Waals surface area contributed by atoms with E-state index in [2.05, 4.69) is 6.92 Å². The van der Waals surface area contributed by atoms with Crippen molar-refractivity contribution < 1.29 is 19.1 Å². The highest BCUT2D eigenvalue weighted by atomic mass is 16.4. The van der Waals surface area contributed by atoms with Crippen molar-refractivity contribution in [3.05, 3.63) is 23.7 Å². The summed E-state index contributed by atoms with van der Waals surface area (Å²) in [6.07, 6.45) is 4.08. The van der Waals surface area contributed by atoms with E-state index in [0.29, 0.717) is 25.3 Å². The van der Waals surface area contributed by atoms with Gasteiger partial charge in [-0.15, -0.1) is 0 Å². The molecule has 2 atom stereocenters. The quantitative estimate of drug-likeness (QED) is 0.921. The number of hydrogen-bond acceptors (Lipinski definition) is 3. The standard InChI is InChI=1S/C18H25NO4/c1-12-6-9-19(14(10-12)15-5-4-13(2)23-15)16(20)11-18(17(21)22)7-3-8-18/h4-5,12,14H,3,6-11H2,1-2H3,(H,21,22). The fourth-order valence-corrected chi connectivity index (χ4v) is 3.80. The molecule has 3 rings (SSSR count). The molecule has 1 amide bonds. The molecule has 2 heterocycles. The number of rotatable bonds is 4. The number of carboxylic acids is 1. The van der Waals surface area contributed by atoms with E-state index in [1.807, 2.05) is 24.0 Å². The van der Waals surface area contributed by atoms with Gasteiger partial charge in [-0.05, 0) is 50.7 Å². The second-order valence-electron chi connectivity index (χ2n) is 7.30. The predicted molar refractivity (Wildman–Crippen MR) is 84.8 cm³/mol. The van der Waals surface area contributed by atoms with Crippen LogP contribution in [0.2, 0.25) is 0 Å². The largest absolute Gasteiger partial charge is 0.481 e. The monoisotopic (exact) mass is 319 g/mol. The Morgan fingerprint density at radius 3 is 2.65 bits per heavy atom. The van der Waals surface area contributed by atoms with Crippen molar-refractivity contribution >= 4 is 11.9 Å². The number of furan rings is 1. The molecule has 5 heteroatoms. The van der Waals surface area contributed by atoms with Gasteiger partial charge in [0.15, 0.2) is 0 Å². The van der Waals surface area contributed by atoms with Gasteiger partial charge in [-0.2, -0.15) is 0 Å². The molecule has 1 aromatic rings. The van der Waals surface area contributed by atoms with Crippen molar-refractivity contribution in [3.63, 3.8) is 0 Å². The number of nitrogens with zero attached hydrogens (tertiary/aromatic N) is 1. The topological polar surface area (TPSA) is 70.8 Å². The van der Waals surface area contributed by atoms with Crippen molar-refractivity contribution in [2.24, 2.45) is 11.3 Å². The fourth-order valence-electron chi connectivity index (χ4n) is 3.80. The average Bonchev–Trinajstić information content (AvgIpc) is 2.88. The first-order valence-corrected chi connectivity index (χ1v) is 8.50. The normalized spacial score (nSPS) is 26.6. The summed E-state index contributed by atoms with van der Waals surface area (Å²) >= 11 is 0. The Morgan fingerprint density at radius 1 is 1.39 bits per heavy atom. The van der Waals surface area contributed by atoms with Gasteiger partial charge in [-0.3, -0.25) is 9.59 Å². The van der Waals surface area contributed by atoms with Crippen molar-refractivity contribution in [1.29, 1.82) is 0 Å². The predicted octanol–water partition coefficient (Wildman–Crippen LogP) is 3.53. The minimum atomic E-state index is -0.830. The van der Waals surface area contributed by atoms with Crippen LogP contribution >= 0.6 is 0 Å². The van der Waals surface area contributed by atoms with E-state index >= 15 is 0 Å². The lowest BCUT2D eigenvalue weighted by Gasteiger charge is -2.42. The molecule has 1 aliphatic heterocycles. The van der Waals surface area contributed by atoms with E-state index in [0.717, 1.165) is 30.8 Å². The lowest BCUT2D eigenvalue weighted by Crippen LogP contribution is -2.46. The van der Waals surface area contributed by atoms with Gasteiger partial charge in [-0.1, -0.05) is 13.3 Å². The van der Waals surface area contributed by atoms with E-state index in [-0.39, 0.29) is 18.4 Å². The highest BCUT2D eigenvalue weighted by molar-refractivity contribution is 5.86. The van der Waals surface area contributed by atoms with Gasteiger partial charge in [-0.25, -0.2) is 0 Å². The number of aryl methyl sites for hydroxylation is 1. The average molecular weight is 319 g/mol. The summed E-state index contributed by atoms with van der Waals surface area (Å²) in [6, 6.07) is 3.79. The SMILES string of the molecule is Cc1ccc(C2CC(C)CCN2C(=O)CC2(C(=O)O)CCC2)o1. The first kappa shape index (κ1) is 16.1. The number of carbonyl (C=O) groups is 2.